The summed E-state index contributed by atoms with van der Waals surface area (Å²) in [6.07, 6.45) is 7.95. The van der Waals surface area contributed by atoms with Crippen molar-refractivity contribution in [1.82, 2.24) is 0 Å². The van der Waals surface area contributed by atoms with Crippen molar-refractivity contribution in [3.8, 4) is 46.0 Å². The zero-order valence-electron chi connectivity index (χ0n) is 51.7. The minimum absolute atomic E-state index is 0. The van der Waals surface area contributed by atoms with Crippen LogP contribution in [-0.4, -0.2) is 60.2 Å². The molecule has 0 unspecified atom stereocenters. The van der Waals surface area contributed by atoms with Crippen LogP contribution in [-0.2, 0) is 56.9 Å². The van der Waals surface area contributed by atoms with Crippen LogP contribution in [0.5, 0.6) is 46.0 Å². The topological polar surface area (TPSA) is 126 Å². The maximum Gasteiger partial charge on any atom is 0.306 e. The number of carbonyl (C=O) groups excluding carboxylic acids is 2. The van der Waals surface area contributed by atoms with Gasteiger partial charge >= 0.3 is 11.9 Å². The van der Waals surface area contributed by atoms with Gasteiger partial charge in [0.2, 0.25) is 0 Å². The Kier molecular flexibility index (Phi) is 31.0. The molecule has 0 fully saturated rings. The third kappa shape index (κ3) is 17.5. The van der Waals surface area contributed by atoms with E-state index in [0.717, 1.165) is 109 Å². The smallest absolute Gasteiger partial charge is 0.306 e. The van der Waals surface area contributed by atoms with Crippen LogP contribution in [0.2, 0.25) is 0 Å². The van der Waals surface area contributed by atoms with Gasteiger partial charge in [-0.05, 0) is 110 Å². The fourth-order valence-electron chi connectivity index (χ4n) is 11.4. The number of hydrogen-bond acceptors (Lipinski definition) is 12. The Hall–Kier alpha value is -6.76. The predicted octanol–water partition coefficient (Wildman–Crippen LogP) is 17.9. The van der Waals surface area contributed by atoms with Crippen LogP contribution in [0.15, 0.2) is 109 Å². The Morgan fingerprint density at radius 2 is 0.776 bits per heavy atom. The van der Waals surface area contributed by atoms with Gasteiger partial charge in [-0.25, -0.2) is 0 Å². The van der Waals surface area contributed by atoms with E-state index in [4.69, 9.17) is 47.4 Å². The van der Waals surface area contributed by atoms with E-state index in [1.807, 2.05) is 122 Å². The van der Waals surface area contributed by atoms with Crippen LogP contribution >= 0.6 is 0 Å². The van der Waals surface area contributed by atoms with Gasteiger partial charge in [0.1, 0.15) is 64.3 Å². The van der Waals surface area contributed by atoms with Crippen molar-refractivity contribution >= 4 is 11.9 Å². The van der Waals surface area contributed by atoms with E-state index in [2.05, 4.69) is 56.3 Å². The first-order valence-electron chi connectivity index (χ1n) is 30.0. The van der Waals surface area contributed by atoms with Crippen LogP contribution in [0.4, 0.5) is 0 Å². The second-order valence-corrected chi connectivity index (χ2v) is 19.7. The molecule has 0 bridgehead atoms. The maximum absolute atomic E-state index is 11.5. The Morgan fingerprint density at radius 3 is 1.13 bits per heavy atom. The minimum atomic E-state index is -0.219. The third-order valence-electron chi connectivity index (χ3n) is 15.4. The van der Waals surface area contributed by atoms with Crippen molar-refractivity contribution < 1.29 is 75.5 Å². The number of rotatable bonds is 13. The molecule has 6 atom stereocenters. The third-order valence-corrected chi connectivity index (χ3v) is 15.4. The molecule has 0 aromatic heterocycles. The van der Waals surface area contributed by atoms with Crippen LogP contribution in [0.1, 0.15) is 207 Å². The fraction of sp³-hybridized carbons (Fsp3) is 0.472. The van der Waals surface area contributed by atoms with Crippen molar-refractivity contribution in [3.05, 3.63) is 165 Å². The van der Waals surface area contributed by atoms with Gasteiger partial charge in [-0.1, -0.05) is 138 Å². The summed E-state index contributed by atoms with van der Waals surface area (Å²) in [5.74, 6) is 7.18. The SMILES string of the molecule is C.C.CC.CC.CC.CC.CC[C@@H]1COc2cc(O[C@@H]3CCc4c(OC)cccc43)ccc21.COC(=O)C[C@@H]1COc2cc(O[C@@H]3CCc4c(C)cccc43)ccc21.COC(=O)C[C@@H]1COc2cc(O[C@@H]3CCc4c(OC)cccc43)ccc21.[V]. The number of esters is 2. The van der Waals surface area contributed by atoms with Crippen molar-refractivity contribution in [3.63, 3.8) is 0 Å². The first-order chi connectivity index (χ1) is 40.1. The molecule has 3 heterocycles. The van der Waals surface area contributed by atoms with Crippen molar-refractivity contribution in [2.24, 2.45) is 0 Å². The van der Waals surface area contributed by atoms with Crippen LogP contribution in [0.25, 0.3) is 0 Å². The van der Waals surface area contributed by atoms with Gasteiger partial charge in [-0.15, -0.1) is 0 Å². The first kappa shape index (κ1) is 72.5. The van der Waals surface area contributed by atoms with Gasteiger partial charge in [-0.2, -0.15) is 0 Å². The Morgan fingerprint density at radius 1 is 0.447 bits per heavy atom. The van der Waals surface area contributed by atoms with Crippen LogP contribution < -0.4 is 37.9 Å². The predicted molar refractivity (Wildman–Crippen MR) is 339 cm³/mol. The summed E-state index contributed by atoms with van der Waals surface area (Å²) >= 11 is 0. The number of aryl methyl sites for hydroxylation is 1. The molecule has 3 aliphatic heterocycles. The molecule has 3 aliphatic carbocycles. The molecular formula is C72H98O12V. The van der Waals surface area contributed by atoms with Gasteiger partial charge in [-0.3, -0.25) is 9.59 Å². The maximum atomic E-state index is 11.5. The molecule has 463 valence electrons. The average Bonchev–Trinajstić information content (AvgIpc) is 4.02. The quantitative estimate of drug-likeness (QED) is 0.102. The molecular weight excluding hydrogens is 1110 g/mol. The van der Waals surface area contributed by atoms with Crippen LogP contribution in [0.3, 0.4) is 0 Å². The molecule has 0 amide bonds. The van der Waals surface area contributed by atoms with Gasteiger partial charge < -0.3 is 47.4 Å². The average molecular weight is 1210 g/mol. The second-order valence-electron chi connectivity index (χ2n) is 19.7. The Labute approximate surface area is 521 Å². The Balaban J connectivity index is 0.000000310. The molecule has 85 heavy (non-hydrogen) atoms. The van der Waals surface area contributed by atoms with E-state index >= 15 is 0 Å². The normalized spacial score (nSPS) is 18.3. The summed E-state index contributed by atoms with van der Waals surface area (Å²) in [5, 5.41) is 0. The minimum Gasteiger partial charge on any atom is -0.496 e. The number of carbonyl (C=O) groups is 2. The van der Waals surface area contributed by atoms with Crippen molar-refractivity contribution in [2.45, 2.75) is 178 Å². The molecule has 0 spiro atoms. The molecule has 0 saturated heterocycles. The summed E-state index contributed by atoms with van der Waals surface area (Å²) in [4.78, 5) is 23.0. The van der Waals surface area contributed by atoms with E-state index in [1.54, 1.807) is 14.2 Å². The van der Waals surface area contributed by atoms with Gasteiger partial charge in [0.05, 0.1) is 61.1 Å². The molecule has 6 aromatic rings. The summed E-state index contributed by atoms with van der Waals surface area (Å²) < 4.78 is 56.5. The van der Waals surface area contributed by atoms with E-state index in [1.165, 1.54) is 58.7 Å². The zero-order valence-corrected chi connectivity index (χ0v) is 53.1. The standard InChI is InChI=1S/C21H22O5.C21H22O4.C20H22O3.4C2H6.2CH4.V/c1-23-18-5-3-4-16-17(18)8-9-19(16)26-14-6-7-15-13(10-21(22)24-2)12-25-20(15)11-14;1-13-4-3-5-18-16(13)8-9-19(18)25-15-6-7-17-14(10-21(22)23-2)12-24-20(17)11-15;1-3-13-12-22-20-11-14(7-8-15(13)20)23-19-10-9-17-16(19)5-4-6-18(17)21-2;4*1-2;;;/h3-7,11,13,19H,8-10,12H2,1-2H3;3-7,11,14,19H,8-10,12H2,1-2H3;4-8,11,13,19H,3,9-10,12H2,1-2H3;4*1-2H3;2*1H4;/t13-,19-;14-,19-;13-,19-;;;;;;;/m111......./s1. The zero-order chi connectivity index (χ0) is 59.3. The molecule has 6 aromatic carbocycles. The van der Waals surface area contributed by atoms with Crippen molar-refractivity contribution in [2.75, 3.05) is 48.3 Å². The first-order valence-corrected chi connectivity index (χ1v) is 30.0. The van der Waals surface area contributed by atoms with Gasteiger partial charge in [0, 0.05) is 82.3 Å². The fourth-order valence-corrected chi connectivity index (χ4v) is 11.4. The largest absolute Gasteiger partial charge is 0.496 e. The molecule has 12 nitrogen and oxygen atoms in total. The summed E-state index contributed by atoms with van der Waals surface area (Å²) in [5.41, 5.74) is 12.4. The molecule has 6 aliphatic rings. The van der Waals surface area contributed by atoms with E-state index in [9.17, 15) is 9.59 Å². The summed E-state index contributed by atoms with van der Waals surface area (Å²) in [6, 6.07) is 36.8. The molecule has 1 radical (unpaired) electrons. The number of methoxy groups -OCH3 is 4. The van der Waals surface area contributed by atoms with E-state index in [0.29, 0.717) is 32.0 Å². The van der Waals surface area contributed by atoms with E-state index < -0.39 is 0 Å². The summed E-state index contributed by atoms with van der Waals surface area (Å²) in [6.45, 7) is 22.2. The second kappa shape index (κ2) is 36.3. The molecule has 13 heteroatoms. The van der Waals surface area contributed by atoms with E-state index in [-0.39, 0.29) is 75.5 Å². The molecule has 0 saturated carbocycles. The number of fused-ring (bicyclic) bond motifs is 6. The number of benzene rings is 6. The van der Waals surface area contributed by atoms with Crippen molar-refractivity contribution in [1.29, 1.82) is 0 Å². The molecule has 0 N–H and O–H groups in total. The van der Waals surface area contributed by atoms with Gasteiger partial charge in [0.25, 0.3) is 0 Å². The number of hydrogen-bond donors (Lipinski definition) is 0. The Bertz CT molecular complexity index is 3010. The summed E-state index contributed by atoms with van der Waals surface area (Å²) in [7, 11) is 6.25. The van der Waals surface area contributed by atoms with Crippen LogP contribution in [0, 0.1) is 6.92 Å². The molecule has 12 rings (SSSR count). The number of ether oxygens (including phenoxy) is 10. The van der Waals surface area contributed by atoms with Gasteiger partial charge in [0.15, 0.2) is 0 Å². The monoisotopic (exact) mass is 1210 g/mol.